The highest BCUT2D eigenvalue weighted by Crippen LogP contribution is 2.19. The Bertz CT molecular complexity index is 815. The SMILES string of the molecule is O=C(NCC(O)CN1CCc2ccccc2C1)c1ccc(CC2CCOC2)cc1. The molecule has 2 N–H and O–H groups in total. The van der Waals surface area contributed by atoms with Crippen LogP contribution in [0.4, 0.5) is 0 Å². The molecule has 154 valence electrons. The molecule has 29 heavy (non-hydrogen) atoms. The third-order valence-electron chi connectivity index (χ3n) is 5.94. The summed E-state index contributed by atoms with van der Waals surface area (Å²) in [6.45, 7) is 4.32. The molecule has 1 fully saturated rings. The molecule has 1 amide bonds. The van der Waals surface area contributed by atoms with Gasteiger partial charge in [0.1, 0.15) is 0 Å². The number of hydrogen-bond donors (Lipinski definition) is 2. The van der Waals surface area contributed by atoms with Gasteiger partial charge in [0.05, 0.1) is 6.10 Å². The first-order chi connectivity index (χ1) is 14.2. The maximum atomic E-state index is 12.4. The number of nitrogens with zero attached hydrogens (tertiary/aromatic N) is 1. The van der Waals surface area contributed by atoms with Gasteiger partial charge in [-0.1, -0.05) is 36.4 Å². The zero-order valence-corrected chi connectivity index (χ0v) is 16.8. The molecule has 2 unspecified atom stereocenters. The van der Waals surface area contributed by atoms with Crippen LogP contribution in [0.2, 0.25) is 0 Å². The van der Waals surface area contributed by atoms with Gasteiger partial charge < -0.3 is 15.2 Å². The number of rotatable bonds is 7. The van der Waals surface area contributed by atoms with Crippen molar-refractivity contribution >= 4 is 5.91 Å². The average Bonchev–Trinajstić information content (AvgIpc) is 3.25. The number of carbonyl (C=O) groups is 1. The summed E-state index contributed by atoms with van der Waals surface area (Å²) in [5.41, 5.74) is 4.60. The number of nitrogens with one attached hydrogen (secondary N) is 1. The molecule has 2 aliphatic rings. The second-order valence-electron chi connectivity index (χ2n) is 8.25. The molecule has 0 aliphatic carbocycles. The van der Waals surface area contributed by atoms with E-state index in [4.69, 9.17) is 4.74 Å². The minimum absolute atomic E-state index is 0.135. The Morgan fingerprint density at radius 1 is 1.17 bits per heavy atom. The molecule has 0 radical (unpaired) electrons. The van der Waals surface area contributed by atoms with Gasteiger partial charge in [-0.15, -0.1) is 0 Å². The van der Waals surface area contributed by atoms with E-state index in [9.17, 15) is 9.90 Å². The maximum Gasteiger partial charge on any atom is 0.251 e. The van der Waals surface area contributed by atoms with Crippen LogP contribution >= 0.6 is 0 Å². The van der Waals surface area contributed by atoms with E-state index in [2.05, 4.69) is 34.5 Å². The fourth-order valence-corrected chi connectivity index (χ4v) is 4.26. The Kier molecular flexibility index (Phi) is 6.60. The van der Waals surface area contributed by atoms with Crippen LogP contribution in [0.1, 0.15) is 33.5 Å². The molecule has 2 atom stereocenters. The molecule has 2 aromatic rings. The standard InChI is InChI=1S/C24H30N2O3/c27-23(16-26-11-9-20-3-1-2-4-22(20)15-26)14-25-24(28)21-7-5-18(6-8-21)13-19-10-12-29-17-19/h1-8,19,23,27H,9-17H2,(H,25,28). The maximum absolute atomic E-state index is 12.4. The topological polar surface area (TPSA) is 61.8 Å². The van der Waals surface area contributed by atoms with Crippen molar-refractivity contribution in [3.63, 3.8) is 0 Å². The monoisotopic (exact) mass is 394 g/mol. The Balaban J connectivity index is 1.22. The molecule has 0 bridgehead atoms. The van der Waals surface area contributed by atoms with Crippen LogP contribution in [0.25, 0.3) is 0 Å². The zero-order valence-electron chi connectivity index (χ0n) is 16.8. The lowest BCUT2D eigenvalue weighted by molar-refractivity contribution is 0.0842. The number of benzene rings is 2. The first-order valence-electron chi connectivity index (χ1n) is 10.6. The van der Waals surface area contributed by atoms with Crippen molar-refractivity contribution in [2.75, 3.05) is 32.8 Å². The average molecular weight is 395 g/mol. The highest BCUT2D eigenvalue weighted by molar-refractivity contribution is 5.94. The zero-order chi connectivity index (χ0) is 20.1. The van der Waals surface area contributed by atoms with Crippen molar-refractivity contribution in [1.82, 2.24) is 10.2 Å². The van der Waals surface area contributed by atoms with Gasteiger partial charge >= 0.3 is 0 Å². The van der Waals surface area contributed by atoms with Crippen LogP contribution < -0.4 is 5.32 Å². The summed E-state index contributed by atoms with van der Waals surface area (Å²) in [4.78, 5) is 14.7. The fraction of sp³-hybridized carbons (Fsp3) is 0.458. The Morgan fingerprint density at radius 3 is 2.72 bits per heavy atom. The summed E-state index contributed by atoms with van der Waals surface area (Å²) in [6.07, 6.45) is 2.54. The quantitative estimate of drug-likeness (QED) is 0.757. The molecule has 2 aromatic carbocycles. The van der Waals surface area contributed by atoms with Crippen molar-refractivity contribution in [2.45, 2.75) is 31.9 Å². The van der Waals surface area contributed by atoms with Crippen LogP contribution in [0.5, 0.6) is 0 Å². The first kappa shape index (κ1) is 20.1. The summed E-state index contributed by atoms with van der Waals surface area (Å²) in [7, 11) is 0. The highest BCUT2D eigenvalue weighted by atomic mass is 16.5. The van der Waals surface area contributed by atoms with Crippen LogP contribution in [0, 0.1) is 5.92 Å². The van der Waals surface area contributed by atoms with Crippen LogP contribution in [0.15, 0.2) is 48.5 Å². The molecule has 2 aliphatic heterocycles. The Labute approximate surface area is 172 Å². The summed E-state index contributed by atoms with van der Waals surface area (Å²) in [6, 6.07) is 16.3. The molecule has 0 spiro atoms. The predicted molar refractivity (Wildman–Crippen MR) is 113 cm³/mol. The predicted octanol–water partition coefficient (Wildman–Crippen LogP) is 2.41. The number of β-amino-alcohol motifs (C(OH)–C–C–N with tert-alkyl or cyclic N) is 1. The third kappa shape index (κ3) is 5.44. The van der Waals surface area contributed by atoms with Crippen molar-refractivity contribution in [2.24, 2.45) is 5.92 Å². The fourth-order valence-electron chi connectivity index (χ4n) is 4.26. The number of amides is 1. The summed E-state index contributed by atoms with van der Waals surface area (Å²) in [5, 5.41) is 13.2. The van der Waals surface area contributed by atoms with E-state index in [-0.39, 0.29) is 12.5 Å². The van der Waals surface area contributed by atoms with E-state index in [1.807, 2.05) is 24.3 Å². The second kappa shape index (κ2) is 9.53. The molecular weight excluding hydrogens is 364 g/mol. The third-order valence-corrected chi connectivity index (χ3v) is 5.94. The van der Waals surface area contributed by atoms with Crippen LogP contribution in [-0.2, 0) is 24.1 Å². The van der Waals surface area contributed by atoms with E-state index in [0.717, 1.165) is 45.6 Å². The van der Waals surface area contributed by atoms with E-state index in [0.29, 0.717) is 18.0 Å². The van der Waals surface area contributed by atoms with Crippen molar-refractivity contribution in [3.8, 4) is 0 Å². The lowest BCUT2D eigenvalue weighted by Gasteiger charge is -2.30. The number of ether oxygens (including phenoxy) is 1. The highest BCUT2D eigenvalue weighted by Gasteiger charge is 2.19. The Hall–Kier alpha value is -2.21. The van der Waals surface area contributed by atoms with E-state index in [1.54, 1.807) is 0 Å². The molecule has 0 aromatic heterocycles. The first-order valence-corrected chi connectivity index (χ1v) is 10.6. The van der Waals surface area contributed by atoms with Gasteiger partial charge in [-0.2, -0.15) is 0 Å². The normalized spacial score (nSPS) is 20.2. The van der Waals surface area contributed by atoms with E-state index < -0.39 is 6.10 Å². The van der Waals surface area contributed by atoms with Crippen molar-refractivity contribution < 1.29 is 14.6 Å². The van der Waals surface area contributed by atoms with E-state index in [1.165, 1.54) is 16.7 Å². The van der Waals surface area contributed by atoms with Gasteiger partial charge in [0.15, 0.2) is 0 Å². The summed E-state index contributed by atoms with van der Waals surface area (Å²) >= 11 is 0. The smallest absolute Gasteiger partial charge is 0.251 e. The minimum Gasteiger partial charge on any atom is -0.390 e. The Morgan fingerprint density at radius 2 is 1.97 bits per heavy atom. The number of hydrogen-bond acceptors (Lipinski definition) is 4. The molecule has 0 saturated carbocycles. The van der Waals surface area contributed by atoms with Crippen molar-refractivity contribution in [3.05, 3.63) is 70.8 Å². The van der Waals surface area contributed by atoms with E-state index >= 15 is 0 Å². The molecule has 1 saturated heterocycles. The van der Waals surface area contributed by atoms with Gasteiger partial charge in [0.25, 0.3) is 5.91 Å². The molecular formula is C24H30N2O3. The van der Waals surface area contributed by atoms with Crippen LogP contribution in [0.3, 0.4) is 0 Å². The van der Waals surface area contributed by atoms with Gasteiger partial charge in [-0.3, -0.25) is 9.69 Å². The lowest BCUT2D eigenvalue weighted by Crippen LogP contribution is -2.42. The summed E-state index contributed by atoms with van der Waals surface area (Å²) in [5.74, 6) is 0.454. The second-order valence-corrected chi connectivity index (χ2v) is 8.25. The molecule has 5 heteroatoms. The number of fused-ring (bicyclic) bond motifs is 1. The molecule has 5 nitrogen and oxygen atoms in total. The number of carbonyl (C=O) groups excluding carboxylic acids is 1. The molecule has 2 heterocycles. The van der Waals surface area contributed by atoms with Gasteiger partial charge in [0.2, 0.25) is 0 Å². The van der Waals surface area contributed by atoms with Gasteiger partial charge in [-0.25, -0.2) is 0 Å². The molecule has 4 rings (SSSR count). The largest absolute Gasteiger partial charge is 0.390 e. The lowest BCUT2D eigenvalue weighted by atomic mass is 9.98. The number of aliphatic hydroxyl groups excluding tert-OH is 1. The van der Waals surface area contributed by atoms with Gasteiger partial charge in [-0.05, 0) is 54.0 Å². The minimum atomic E-state index is -0.578. The summed E-state index contributed by atoms with van der Waals surface area (Å²) < 4.78 is 5.43. The van der Waals surface area contributed by atoms with Crippen LogP contribution in [-0.4, -0.2) is 54.9 Å². The van der Waals surface area contributed by atoms with Crippen molar-refractivity contribution in [1.29, 1.82) is 0 Å². The number of aliphatic hydroxyl groups is 1. The van der Waals surface area contributed by atoms with Gasteiger partial charge in [0, 0.05) is 45.0 Å².